The molecule has 0 saturated heterocycles. The molecule has 170 valence electrons. The van der Waals surface area contributed by atoms with E-state index in [1.807, 2.05) is 75.1 Å². The molecule has 0 fully saturated rings. The molecule has 1 atom stereocenters. The van der Waals surface area contributed by atoms with Crippen LogP contribution < -0.4 is 4.90 Å². The Morgan fingerprint density at radius 1 is 1.00 bits per heavy atom. The Labute approximate surface area is 196 Å². The minimum atomic E-state index is -0.544. The molecule has 3 aromatic carbocycles. The molecule has 4 heteroatoms. The minimum Gasteiger partial charge on any atom is -0.460 e. The van der Waals surface area contributed by atoms with Crippen molar-refractivity contribution in [3.05, 3.63) is 89.0 Å². The van der Waals surface area contributed by atoms with Gasteiger partial charge < -0.3 is 9.64 Å². The molecule has 0 bridgehead atoms. The molecular formula is C29H31NO3. The zero-order chi connectivity index (χ0) is 23.8. The summed E-state index contributed by atoms with van der Waals surface area (Å²) in [7, 11) is 0. The van der Waals surface area contributed by atoms with Gasteiger partial charge in [-0.05, 0) is 74.6 Å². The maximum absolute atomic E-state index is 13.2. The van der Waals surface area contributed by atoms with E-state index in [4.69, 9.17) is 4.74 Å². The van der Waals surface area contributed by atoms with Crippen LogP contribution in [0.4, 0.5) is 5.69 Å². The zero-order valence-corrected chi connectivity index (χ0v) is 20.0. The smallest absolute Gasteiger partial charge is 0.313 e. The predicted molar refractivity (Wildman–Crippen MR) is 132 cm³/mol. The summed E-state index contributed by atoms with van der Waals surface area (Å²) in [5.41, 5.74) is 6.15. The molecule has 4 nitrogen and oxygen atoms in total. The van der Waals surface area contributed by atoms with Gasteiger partial charge in [0.2, 0.25) is 0 Å². The molecule has 0 N–H and O–H groups in total. The number of benzene rings is 3. The highest BCUT2D eigenvalue weighted by molar-refractivity contribution is 6.11. The van der Waals surface area contributed by atoms with E-state index in [1.54, 1.807) is 0 Å². The summed E-state index contributed by atoms with van der Waals surface area (Å²) in [6.07, 6.45) is 0.961. The van der Waals surface area contributed by atoms with Crippen LogP contribution in [0.1, 0.15) is 67.6 Å². The quantitative estimate of drug-likeness (QED) is 0.423. The Balaban J connectivity index is 1.77. The highest BCUT2D eigenvalue weighted by Crippen LogP contribution is 2.38. The summed E-state index contributed by atoms with van der Waals surface area (Å²) in [6, 6.07) is 22.1. The van der Waals surface area contributed by atoms with Gasteiger partial charge in [-0.3, -0.25) is 9.59 Å². The average molecular weight is 442 g/mol. The fraction of sp³-hybridized carbons (Fsp3) is 0.310. The van der Waals surface area contributed by atoms with Crippen molar-refractivity contribution < 1.29 is 14.3 Å². The highest BCUT2D eigenvalue weighted by Gasteiger charge is 2.30. The summed E-state index contributed by atoms with van der Waals surface area (Å²) >= 11 is 0. The van der Waals surface area contributed by atoms with Gasteiger partial charge >= 0.3 is 5.97 Å². The number of esters is 1. The topological polar surface area (TPSA) is 46.6 Å². The van der Waals surface area contributed by atoms with Crippen molar-refractivity contribution in [3.8, 4) is 11.1 Å². The normalized spacial score (nSPS) is 14.2. The number of rotatable bonds is 5. The number of anilines is 1. The SMILES string of the molecule is CCc1ccc(-c2cc(C(C)C(=O)OC(C)(C)C)ccc2N2Cc3ccccc3C2=O)cc1. The predicted octanol–water partition coefficient (Wildman–Crippen LogP) is 6.52. The Morgan fingerprint density at radius 3 is 2.33 bits per heavy atom. The van der Waals surface area contributed by atoms with Gasteiger partial charge in [0.1, 0.15) is 5.60 Å². The van der Waals surface area contributed by atoms with Crippen LogP contribution in [0.25, 0.3) is 11.1 Å². The molecule has 3 aromatic rings. The third-order valence-electron chi connectivity index (χ3n) is 6.07. The maximum atomic E-state index is 13.2. The van der Waals surface area contributed by atoms with Crippen molar-refractivity contribution in [2.45, 2.75) is 59.1 Å². The zero-order valence-electron chi connectivity index (χ0n) is 20.0. The van der Waals surface area contributed by atoms with Crippen molar-refractivity contribution in [1.82, 2.24) is 0 Å². The first-order valence-corrected chi connectivity index (χ1v) is 11.5. The number of amides is 1. The molecule has 0 radical (unpaired) electrons. The van der Waals surface area contributed by atoms with Gasteiger partial charge in [-0.15, -0.1) is 0 Å². The standard InChI is InChI=1S/C29H31NO3/c1-6-20-11-13-21(14-12-20)25-17-22(19(2)28(32)33-29(3,4)5)15-16-26(25)30-18-23-9-7-8-10-24(23)27(30)31/h7-17,19H,6,18H2,1-5H3. The van der Waals surface area contributed by atoms with E-state index in [2.05, 4.69) is 31.2 Å². The largest absolute Gasteiger partial charge is 0.460 e. The van der Waals surface area contributed by atoms with Crippen LogP contribution in [0.3, 0.4) is 0 Å². The Hall–Kier alpha value is -3.40. The second-order valence-corrected chi connectivity index (χ2v) is 9.63. The molecule has 1 heterocycles. The first-order chi connectivity index (χ1) is 15.7. The van der Waals surface area contributed by atoms with Gasteiger partial charge in [0.15, 0.2) is 0 Å². The van der Waals surface area contributed by atoms with E-state index >= 15 is 0 Å². The third kappa shape index (κ3) is 4.70. The monoisotopic (exact) mass is 441 g/mol. The van der Waals surface area contributed by atoms with Crippen LogP contribution in [0.5, 0.6) is 0 Å². The lowest BCUT2D eigenvalue weighted by atomic mass is 9.93. The molecule has 0 aliphatic carbocycles. The summed E-state index contributed by atoms with van der Waals surface area (Å²) in [4.78, 5) is 27.8. The van der Waals surface area contributed by atoms with Crippen molar-refractivity contribution in [1.29, 1.82) is 0 Å². The van der Waals surface area contributed by atoms with E-state index < -0.39 is 11.5 Å². The molecule has 4 rings (SSSR count). The van der Waals surface area contributed by atoms with Crippen LogP contribution in [0, 0.1) is 0 Å². The number of ether oxygens (including phenoxy) is 1. The second-order valence-electron chi connectivity index (χ2n) is 9.63. The molecule has 33 heavy (non-hydrogen) atoms. The van der Waals surface area contributed by atoms with Gasteiger partial charge in [0, 0.05) is 11.1 Å². The lowest BCUT2D eigenvalue weighted by Crippen LogP contribution is -2.27. The summed E-state index contributed by atoms with van der Waals surface area (Å²) in [5, 5.41) is 0. The maximum Gasteiger partial charge on any atom is 0.313 e. The summed E-state index contributed by atoms with van der Waals surface area (Å²) in [5.74, 6) is -0.671. The lowest BCUT2D eigenvalue weighted by Gasteiger charge is -2.24. The van der Waals surface area contributed by atoms with Crippen LogP contribution in [-0.2, 0) is 22.5 Å². The van der Waals surface area contributed by atoms with Crippen LogP contribution in [0.2, 0.25) is 0 Å². The molecular weight excluding hydrogens is 410 g/mol. The van der Waals surface area contributed by atoms with Gasteiger partial charge in [0.25, 0.3) is 5.91 Å². The third-order valence-corrected chi connectivity index (χ3v) is 6.07. The second kappa shape index (κ2) is 8.86. The van der Waals surface area contributed by atoms with Crippen molar-refractivity contribution in [2.75, 3.05) is 4.90 Å². The van der Waals surface area contributed by atoms with Crippen molar-refractivity contribution in [2.24, 2.45) is 0 Å². The Kier molecular flexibility index (Phi) is 6.11. The van der Waals surface area contributed by atoms with E-state index in [0.717, 1.165) is 39.9 Å². The molecule has 1 amide bonds. The molecule has 1 aliphatic heterocycles. The summed E-state index contributed by atoms with van der Waals surface area (Å²) in [6.45, 7) is 10.2. The van der Waals surface area contributed by atoms with E-state index in [-0.39, 0.29) is 11.9 Å². The van der Waals surface area contributed by atoms with Crippen molar-refractivity contribution in [3.63, 3.8) is 0 Å². The Morgan fingerprint density at radius 2 is 1.70 bits per heavy atom. The van der Waals surface area contributed by atoms with Gasteiger partial charge in [-0.25, -0.2) is 0 Å². The summed E-state index contributed by atoms with van der Waals surface area (Å²) < 4.78 is 5.62. The number of nitrogens with zero attached hydrogens (tertiary/aromatic N) is 1. The number of hydrogen-bond donors (Lipinski definition) is 0. The fourth-order valence-corrected chi connectivity index (χ4v) is 4.18. The van der Waals surface area contributed by atoms with Crippen LogP contribution in [-0.4, -0.2) is 17.5 Å². The molecule has 0 aromatic heterocycles. The highest BCUT2D eigenvalue weighted by atomic mass is 16.6. The Bertz CT molecular complexity index is 1190. The van der Waals surface area contributed by atoms with Gasteiger partial charge in [0.05, 0.1) is 18.2 Å². The van der Waals surface area contributed by atoms with E-state index in [1.165, 1.54) is 5.56 Å². The molecule has 1 unspecified atom stereocenters. The fourth-order valence-electron chi connectivity index (χ4n) is 4.18. The number of hydrogen-bond acceptors (Lipinski definition) is 3. The first kappa shape index (κ1) is 22.8. The van der Waals surface area contributed by atoms with Gasteiger partial charge in [-0.2, -0.15) is 0 Å². The number of carbonyl (C=O) groups excluding carboxylic acids is 2. The molecule has 0 saturated carbocycles. The number of carbonyl (C=O) groups is 2. The first-order valence-electron chi connectivity index (χ1n) is 11.5. The van der Waals surface area contributed by atoms with Crippen LogP contribution in [0.15, 0.2) is 66.7 Å². The minimum absolute atomic E-state index is 0.00460. The molecule has 0 spiro atoms. The van der Waals surface area contributed by atoms with Gasteiger partial charge in [-0.1, -0.05) is 55.5 Å². The van der Waals surface area contributed by atoms with E-state index in [9.17, 15) is 9.59 Å². The van der Waals surface area contributed by atoms with Crippen LogP contribution >= 0.6 is 0 Å². The number of aryl methyl sites for hydroxylation is 1. The average Bonchev–Trinajstić information content (AvgIpc) is 3.13. The van der Waals surface area contributed by atoms with E-state index in [0.29, 0.717) is 6.54 Å². The van der Waals surface area contributed by atoms with Crippen molar-refractivity contribution >= 4 is 17.6 Å². The lowest BCUT2D eigenvalue weighted by molar-refractivity contribution is -0.156. The molecule has 1 aliphatic rings. The number of fused-ring (bicyclic) bond motifs is 1.